The van der Waals surface area contributed by atoms with E-state index in [9.17, 15) is 5.11 Å². The normalized spacial score (nSPS) is 10.3. The first-order chi connectivity index (χ1) is 7.15. The molecule has 0 heterocycles. The molecule has 2 nitrogen and oxygen atoms in total. The van der Waals surface area contributed by atoms with Crippen molar-refractivity contribution in [3.05, 3.63) is 41.5 Å². The van der Waals surface area contributed by atoms with Crippen LogP contribution in [0, 0.1) is 13.8 Å². The summed E-state index contributed by atoms with van der Waals surface area (Å²) in [5.41, 5.74) is 3.10. The molecule has 0 unspecified atom stereocenters. The third-order valence-electron chi connectivity index (χ3n) is 2.41. The van der Waals surface area contributed by atoms with E-state index in [0.29, 0.717) is 5.75 Å². The second-order valence-electron chi connectivity index (χ2n) is 3.83. The van der Waals surface area contributed by atoms with Gasteiger partial charge in [0.1, 0.15) is 5.75 Å². The molecule has 0 aliphatic rings. The van der Waals surface area contributed by atoms with Crippen molar-refractivity contribution in [2.24, 2.45) is 0 Å². The average molecular weight is 205 g/mol. The van der Waals surface area contributed by atoms with Crippen LogP contribution in [0.25, 0.3) is 0 Å². The predicted octanol–water partition coefficient (Wildman–Crippen LogP) is 2.67. The monoisotopic (exact) mass is 205 g/mol. The maximum Gasteiger partial charge on any atom is 0.121 e. The molecule has 1 aromatic rings. The van der Waals surface area contributed by atoms with Crippen LogP contribution < -0.4 is 5.32 Å². The summed E-state index contributed by atoms with van der Waals surface area (Å²) in [4.78, 5) is 0. The molecule has 0 spiro atoms. The van der Waals surface area contributed by atoms with Crippen LogP contribution in [-0.2, 0) is 6.54 Å². The summed E-state index contributed by atoms with van der Waals surface area (Å²) >= 11 is 0. The third kappa shape index (κ3) is 3.40. The van der Waals surface area contributed by atoms with E-state index >= 15 is 0 Å². The predicted molar refractivity (Wildman–Crippen MR) is 64.1 cm³/mol. The Bertz CT molecular complexity index is 321. The Morgan fingerprint density at radius 1 is 1.33 bits per heavy atom. The third-order valence-corrected chi connectivity index (χ3v) is 2.41. The summed E-state index contributed by atoms with van der Waals surface area (Å²) in [6.07, 6.45) is 2.89. The van der Waals surface area contributed by atoms with Gasteiger partial charge in [0.2, 0.25) is 0 Å². The fourth-order valence-corrected chi connectivity index (χ4v) is 1.58. The standard InChI is InChI=1S/C13H19NO/c1-4-5-6-14-9-12-7-10(2)13(15)11(3)8-12/h4,7-8,14-15H,1,5-6,9H2,2-3H3. The highest BCUT2D eigenvalue weighted by atomic mass is 16.3. The van der Waals surface area contributed by atoms with E-state index < -0.39 is 0 Å². The van der Waals surface area contributed by atoms with Crippen molar-refractivity contribution in [3.63, 3.8) is 0 Å². The topological polar surface area (TPSA) is 32.3 Å². The molecule has 0 saturated carbocycles. The summed E-state index contributed by atoms with van der Waals surface area (Å²) in [6.45, 7) is 9.31. The molecule has 0 atom stereocenters. The summed E-state index contributed by atoms with van der Waals surface area (Å²) in [5, 5.41) is 12.9. The zero-order valence-electron chi connectivity index (χ0n) is 9.51. The van der Waals surface area contributed by atoms with E-state index in [0.717, 1.165) is 30.6 Å². The highest BCUT2D eigenvalue weighted by molar-refractivity contribution is 5.42. The zero-order chi connectivity index (χ0) is 11.3. The van der Waals surface area contributed by atoms with E-state index in [1.807, 2.05) is 32.1 Å². The summed E-state index contributed by atoms with van der Waals surface area (Å²) in [7, 11) is 0. The largest absolute Gasteiger partial charge is 0.507 e. The lowest BCUT2D eigenvalue weighted by Crippen LogP contribution is -2.14. The van der Waals surface area contributed by atoms with Crippen LogP contribution in [0.4, 0.5) is 0 Å². The average Bonchev–Trinajstić information content (AvgIpc) is 2.21. The molecule has 0 radical (unpaired) electrons. The highest BCUT2D eigenvalue weighted by Crippen LogP contribution is 2.22. The van der Waals surface area contributed by atoms with Gasteiger partial charge in [0, 0.05) is 6.54 Å². The molecule has 2 N–H and O–H groups in total. The van der Waals surface area contributed by atoms with E-state index in [4.69, 9.17) is 0 Å². The minimum absolute atomic E-state index is 0.407. The lowest BCUT2D eigenvalue weighted by molar-refractivity contribution is 0.466. The number of nitrogens with one attached hydrogen (secondary N) is 1. The van der Waals surface area contributed by atoms with Crippen LogP contribution in [-0.4, -0.2) is 11.7 Å². The van der Waals surface area contributed by atoms with Gasteiger partial charge in [0.05, 0.1) is 0 Å². The van der Waals surface area contributed by atoms with Gasteiger partial charge in [0.15, 0.2) is 0 Å². The van der Waals surface area contributed by atoms with Crippen LogP contribution >= 0.6 is 0 Å². The fourth-order valence-electron chi connectivity index (χ4n) is 1.58. The smallest absolute Gasteiger partial charge is 0.121 e. The minimum atomic E-state index is 0.407. The van der Waals surface area contributed by atoms with Crippen molar-refractivity contribution in [3.8, 4) is 5.75 Å². The van der Waals surface area contributed by atoms with E-state index in [-0.39, 0.29) is 0 Å². The van der Waals surface area contributed by atoms with Crippen LogP contribution in [0.5, 0.6) is 5.75 Å². The van der Waals surface area contributed by atoms with Crippen molar-refractivity contribution < 1.29 is 5.11 Å². The van der Waals surface area contributed by atoms with Gasteiger partial charge in [-0.2, -0.15) is 0 Å². The van der Waals surface area contributed by atoms with Crippen molar-refractivity contribution >= 4 is 0 Å². The van der Waals surface area contributed by atoms with Gasteiger partial charge in [-0.3, -0.25) is 0 Å². The number of aromatic hydroxyl groups is 1. The summed E-state index contributed by atoms with van der Waals surface area (Å²) < 4.78 is 0. The molecular weight excluding hydrogens is 186 g/mol. The van der Waals surface area contributed by atoms with Crippen molar-refractivity contribution in [2.75, 3.05) is 6.54 Å². The van der Waals surface area contributed by atoms with Gasteiger partial charge in [0.25, 0.3) is 0 Å². The number of phenolic OH excluding ortho intramolecular Hbond substituents is 1. The van der Waals surface area contributed by atoms with Crippen molar-refractivity contribution in [1.29, 1.82) is 0 Å². The molecule has 0 fully saturated rings. The molecule has 1 aromatic carbocycles. The van der Waals surface area contributed by atoms with Crippen molar-refractivity contribution in [2.45, 2.75) is 26.8 Å². The van der Waals surface area contributed by atoms with Gasteiger partial charge in [-0.15, -0.1) is 6.58 Å². The first-order valence-corrected chi connectivity index (χ1v) is 5.26. The molecular formula is C13H19NO. The lowest BCUT2D eigenvalue weighted by Gasteiger charge is -2.08. The number of hydrogen-bond donors (Lipinski definition) is 2. The summed E-state index contributed by atoms with van der Waals surface area (Å²) in [5.74, 6) is 0.407. The van der Waals surface area contributed by atoms with Gasteiger partial charge >= 0.3 is 0 Å². The molecule has 0 amide bonds. The van der Waals surface area contributed by atoms with Crippen LogP contribution in [0.3, 0.4) is 0 Å². The van der Waals surface area contributed by atoms with E-state index in [1.54, 1.807) is 0 Å². The lowest BCUT2D eigenvalue weighted by atomic mass is 10.1. The molecule has 1 rings (SSSR count). The Morgan fingerprint density at radius 3 is 2.47 bits per heavy atom. The van der Waals surface area contributed by atoms with Crippen LogP contribution in [0.2, 0.25) is 0 Å². The second-order valence-corrected chi connectivity index (χ2v) is 3.83. The van der Waals surface area contributed by atoms with Gasteiger partial charge < -0.3 is 10.4 Å². The summed E-state index contributed by atoms with van der Waals surface area (Å²) in [6, 6.07) is 4.03. The second kappa shape index (κ2) is 5.56. The van der Waals surface area contributed by atoms with Crippen molar-refractivity contribution in [1.82, 2.24) is 5.32 Å². The number of hydrogen-bond acceptors (Lipinski definition) is 2. The quantitative estimate of drug-likeness (QED) is 0.572. The maximum absolute atomic E-state index is 9.61. The molecule has 0 aliphatic heterocycles. The molecule has 0 saturated heterocycles. The molecule has 0 bridgehead atoms. The minimum Gasteiger partial charge on any atom is -0.507 e. The molecule has 15 heavy (non-hydrogen) atoms. The Morgan fingerprint density at radius 2 is 1.93 bits per heavy atom. The van der Waals surface area contributed by atoms with Gasteiger partial charge in [-0.1, -0.05) is 18.2 Å². The SMILES string of the molecule is C=CCCNCc1cc(C)c(O)c(C)c1. The van der Waals surface area contributed by atoms with Crippen LogP contribution in [0.15, 0.2) is 24.8 Å². The Balaban J connectivity index is 2.58. The first-order valence-electron chi connectivity index (χ1n) is 5.26. The Hall–Kier alpha value is -1.28. The van der Waals surface area contributed by atoms with E-state index in [1.165, 1.54) is 5.56 Å². The van der Waals surface area contributed by atoms with Crippen LogP contribution in [0.1, 0.15) is 23.1 Å². The number of aryl methyl sites for hydroxylation is 2. The Labute approximate surface area is 91.6 Å². The number of rotatable bonds is 5. The fraction of sp³-hybridized carbons (Fsp3) is 0.385. The Kier molecular flexibility index (Phi) is 4.37. The zero-order valence-corrected chi connectivity index (χ0v) is 9.51. The molecule has 0 aromatic heterocycles. The maximum atomic E-state index is 9.61. The van der Waals surface area contributed by atoms with E-state index in [2.05, 4.69) is 11.9 Å². The van der Waals surface area contributed by atoms with Gasteiger partial charge in [-0.05, 0) is 43.5 Å². The highest BCUT2D eigenvalue weighted by Gasteiger charge is 2.02. The molecule has 82 valence electrons. The molecule has 2 heteroatoms. The molecule has 0 aliphatic carbocycles. The number of benzene rings is 1. The van der Waals surface area contributed by atoms with Gasteiger partial charge in [-0.25, -0.2) is 0 Å². The first kappa shape index (κ1) is 11.8. The number of phenols is 1.